The van der Waals surface area contributed by atoms with E-state index in [9.17, 15) is 28.1 Å². The van der Waals surface area contributed by atoms with Crippen LogP contribution in [0.15, 0.2) is 53.6 Å². The number of nitriles is 1. The first-order chi connectivity index (χ1) is 30.6. The van der Waals surface area contributed by atoms with Crippen LogP contribution in [-0.4, -0.2) is 94.3 Å². The van der Waals surface area contributed by atoms with Crippen molar-refractivity contribution in [3.8, 4) is 17.6 Å². The van der Waals surface area contributed by atoms with Gasteiger partial charge in [-0.1, -0.05) is 6.92 Å². The van der Waals surface area contributed by atoms with E-state index in [0.29, 0.717) is 47.9 Å². The first kappa shape index (κ1) is 43.2. The third-order valence-corrected chi connectivity index (χ3v) is 15.3. The van der Waals surface area contributed by atoms with E-state index in [1.54, 1.807) is 35.4 Å². The first-order valence-electron chi connectivity index (χ1n) is 21.4. The third-order valence-electron chi connectivity index (χ3n) is 13.8. The minimum absolute atomic E-state index is 0.00186. The van der Waals surface area contributed by atoms with Gasteiger partial charge < -0.3 is 4.74 Å². The van der Waals surface area contributed by atoms with Gasteiger partial charge in [-0.3, -0.25) is 38.7 Å². The number of ether oxygens (including phenoxy) is 1. The molecule has 2 saturated heterocycles. The van der Waals surface area contributed by atoms with Crippen LogP contribution in [0, 0.1) is 28.4 Å². The average molecular weight is 901 g/mol. The second-order valence-electron chi connectivity index (χ2n) is 17.5. The molecule has 4 aliphatic rings. The van der Waals surface area contributed by atoms with Crippen LogP contribution >= 0.6 is 0 Å². The first-order valence-corrected chi connectivity index (χ1v) is 22.8. The van der Waals surface area contributed by atoms with E-state index in [0.717, 1.165) is 42.1 Å². The second-order valence-corrected chi connectivity index (χ2v) is 19.2. The largest absolute Gasteiger partial charge is 0.453 e. The quantitative estimate of drug-likeness (QED) is 0.160. The Morgan fingerprint density at radius 3 is 2.50 bits per heavy atom. The zero-order valence-electron chi connectivity index (χ0n) is 35.5. The van der Waals surface area contributed by atoms with Gasteiger partial charge in [-0.05, 0) is 117 Å². The van der Waals surface area contributed by atoms with Crippen molar-refractivity contribution in [3.05, 3.63) is 81.9 Å². The van der Waals surface area contributed by atoms with Crippen LogP contribution in [0.3, 0.4) is 0 Å². The molecule has 4 fully saturated rings. The Morgan fingerprint density at radius 1 is 1.03 bits per heavy atom. The van der Waals surface area contributed by atoms with Crippen LogP contribution in [0.5, 0.6) is 11.5 Å². The lowest BCUT2D eigenvalue weighted by atomic mass is 9.60. The van der Waals surface area contributed by atoms with Crippen LogP contribution in [0.1, 0.15) is 81.4 Å². The zero-order valence-corrected chi connectivity index (χ0v) is 36.3. The highest BCUT2D eigenvalue weighted by atomic mass is 32.2. The lowest BCUT2D eigenvalue weighted by molar-refractivity contribution is -0.120. The van der Waals surface area contributed by atoms with Crippen molar-refractivity contribution in [2.24, 2.45) is 12.5 Å². The molecule has 20 heteroatoms. The van der Waals surface area contributed by atoms with Crippen LogP contribution in [-0.2, 0) is 22.1 Å². The molecule has 4 heterocycles. The molecule has 0 bridgehead atoms. The van der Waals surface area contributed by atoms with Crippen LogP contribution in [0.2, 0.25) is 0 Å². The molecule has 3 aromatic carbocycles. The van der Waals surface area contributed by atoms with Gasteiger partial charge in [0.1, 0.15) is 29.4 Å². The molecule has 5 aromatic rings. The Bertz CT molecular complexity index is 2920. The molecule has 16 nitrogen and oxygen atoms in total. The lowest BCUT2D eigenvalue weighted by Gasteiger charge is -2.54. The van der Waals surface area contributed by atoms with Gasteiger partial charge in [0.25, 0.3) is 5.56 Å². The van der Waals surface area contributed by atoms with Gasteiger partial charge in [-0.15, -0.1) is 0 Å². The number of carbonyl (C=O) groups excluding carboxylic acids is 2. The number of urea groups is 1. The van der Waals surface area contributed by atoms with Crippen molar-refractivity contribution in [1.82, 2.24) is 33.9 Å². The van der Waals surface area contributed by atoms with Crippen molar-refractivity contribution in [1.29, 1.82) is 5.26 Å². The topological polar surface area (TPSA) is 188 Å². The normalized spacial score (nSPS) is 21.9. The van der Waals surface area contributed by atoms with Crippen LogP contribution in [0.25, 0.3) is 21.8 Å². The molecular weight excluding hydrogens is 854 g/mol. The molecule has 9 rings (SSSR count). The average Bonchev–Trinajstić information content (AvgIpc) is 3.57. The van der Waals surface area contributed by atoms with Crippen LogP contribution < -0.4 is 25.2 Å². The minimum atomic E-state index is -4.03. The molecular formula is C44H47F3N10O6S. The highest BCUT2D eigenvalue weighted by molar-refractivity contribution is 7.90. The summed E-state index contributed by atoms with van der Waals surface area (Å²) in [5, 5.41) is 17.3. The summed E-state index contributed by atoms with van der Waals surface area (Å²) in [6.07, 6.45) is 5.05. The highest BCUT2D eigenvalue weighted by Gasteiger charge is 2.48. The molecule has 3 amide bonds. The number of fused-ring (bicyclic) bond motifs is 2. The fraction of sp³-hybridized carbons (Fsp3) is 0.455. The number of aryl methyl sites for hydroxylation is 1. The molecule has 2 aliphatic heterocycles. The fourth-order valence-corrected chi connectivity index (χ4v) is 11.0. The molecule has 2 aliphatic carbocycles. The smallest absolute Gasteiger partial charge is 0.329 e. The predicted molar refractivity (Wildman–Crippen MR) is 231 cm³/mol. The fourth-order valence-electron chi connectivity index (χ4n) is 10.0. The number of nitrogens with zero attached hydrogens (tertiary/aromatic N) is 8. The number of alkyl halides is 1. The summed E-state index contributed by atoms with van der Waals surface area (Å²) in [5.41, 5.74) is 0.604. The Balaban J connectivity index is 0.831. The zero-order chi connectivity index (χ0) is 45.2. The number of anilines is 2. The number of rotatable bonds is 10. The maximum absolute atomic E-state index is 16.1. The van der Waals surface area contributed by atoms with Crippen molar-refractivity contribution in [2.45, 2.75) is 82.5 Å². The minimum Gasteiger partial charge on any atom is -0.453 e. The number of imide groups is 1. The molecule has 0 radical (unpaired) electrons. The number of piperidine rings is 1. The van der Waals surface area contributed by atoms with Crippen molar-refractivity contribution >= 4 is 55.5 Å². The number of hydrogen-bond acceptors (Lipinski definition) is 10. The number of halogens is 3. The number of benzene rings is 3. The van der Waals surface area contributed by atoms with Gasteiger partial charge in [-0.25, -0.2) is 22.9 Å². The SMILES string of the molecule is CCN(C)S(=O)(=O)Nc1ccc(F)c(Oc2ccc3ncn(C4CC5(CCN([C@@H]6CC[C@@H](c7cc8c(cc7F)c(N7CCC(=O)NC7=O)nn8C)C[C@H]6F)CC5)C4)c(=O)c3c2)c1C#N. The molecule has 2 aromatic heterocycles. The number of amides is 3. The van der Waals surface area contributed by atoms with E-state index in [-0.39, 0.29) is 89.0 Å². The van der Waals surface area contributed by atoms with Crippen LogP contribution in [0.4, 0.5) is 29.5 Å². The van der Waals surface area contributed by atoms with Gasteiger partial charge in [0.05, 0.1) is 28.4 Å². The van der Waals surface area contributed by atoms with E-state index in [4.69, 9.17) is 4.74 Å². The van der Waals surface area contributed by atoms with E-state index in [2.05, 4.69) is 25.0 Å². The van der Waals surface area contributed by atoms with Gasteiger partial charge in [-0.2, -0.15) is 23.1 Å². The summed E-state index contributed by atoms with van der Waals surface area (Å²) in [4.78, 5) is 46.2. The van der Waals surface area contributed by atoms with E-state index < -0.39 is 39.8 Å². The highest BCUT2D eigenvalue weighted by Crippen LogP contribution is 2.55. The van der Waals surface area contributed by atoms with Crippen molar-refractivity contribution in [3.63, 3.8) is 0 Å². The second kappa shape index (κ2) is 16.5. The van der Waals surface area contributed by atoms with Gasteiger partial charge in [0.2, 0.25) is 5.91 Å². The summed E-state index contributed by atoms with van der Waals surface area (Å²) in [7, 11) is -0.966. The van der Waals surface area contributed by atoms with E-state index in [1.807, 2.05) is 6.07 Å². The summed E-state index contributed by atoms with van der Waals surface area (Å²) in [6, 6.07) is 10.5. The molecule has 2 saturated carbocycles. The molecule has 336 valence electrons. The molecule has 64 heavy (non-hydrogen) atoms. The standard InChI is InChI=1S/C44H47F3N10O6S/c1-4-53(2)64(61,62)52-36-9-7-32(45)40(31(36)23-48)63-27-6-8-35-29(18-27)42(59)57(24-49-35)26-21-44(22-26)12-15-55(16-13-44)37-10-5-25(17-34(37)47)28-20-38-30(19-33(28)46)41(51-54(38)3)56-14-11-39(58)50-43(56)60/h6-9,18-20,24-26,34,37,52H,4-5,10-17,21-22H2,1-3H3,(H,50,58,60)/t25-,34-,37-/m1/s1. The van der Waals surface area contributed by atoms with Crippen molar-refractivity contribution in [2.75, 3.05) is 42.8 Å². The Hall–Kier alpha value is -6.04. The summed E-state index contributed by atoms with van der Waals surface area (Å²) >= 11 is 0. The van der Waals surface area contributed by atoms with Crippen molar-refractivity contribution < 1.29 is 35.9 Å². The number of aromatic nitrogens is 4. The molecule has 2 N–H and O–H groups in total. The monoisotopic (exact) mass is 900 g/mol. The Kier molecular flexibility index (Phi) is 11.1. The summed E-state index contributed by atoms with van der Waals surface area (Å²) in [6.45, 7) is 3.35. The molecule has 3 atom stereocenters. The lowest BCUT2D eigenvalue weighted by Crippen LogP contribution is -2.54. The predicted octanol–water partition coefficient (Wildman–Crippen LogP) is 6.37. The maximum atomic E-state index is 16.1. The third kappa shape index (κ3) is 7.72. The number of hydrogen-bond donors (Lipinski definition) is 2. The Labute approximate surface area is 366 Å². The molecule has 1 spiro atoms. The summed E-state index contributed by atoms with van der Waals surface area (Å²) in [5.74, 6) is -2.25. The van der Waals surface area contributed by atoms with Gasteiger partial charge >= 0.3 is 16.2 Å². The number of likely N-dealkylation sites (tertiary alicyclic amines) is 1. The Morgan fingerprint density at radius 2 is 1.80 bits per heavy atom. The van der Waals surface area contributed by atoms with E-state index >= 15 is 13.2 Å². The van der Waals surface area contributed by atoms with E-state index in [1.165, 1.54) is 36.5 Å². The van der Waals surface area contributed by atoms with Gasteiger partial charge in [0, 0.05) is 51.1 Å². The van der Waals surface area contributed by atoms with Gasteiger partial charge in [0.15, 0.2) is 17.4 Å². The maximum Gasteiger partial charge on any atom is 0.329 e. The number of nitrogens with one attached hydrogen (secondary N) is 2. The number of carbonyl (C=O) groups is 2. The molecule has 0 unspecified atom stereocenters. The summed E-state index contributed by atoms with van der Waals surface area (Å²) < 4.78 is 84.7.